The summed E-state index contributed by atoms with van der Waals surface area (Å²) in [6.45, 7) is 12.7. The summed E-state index contributed by atoms with van der Waals surface area (Å²) in [4.78, 5) is 78.0. The maximum Gasteiger partial charge on any atom is 0.272 e. The summed E-state index contributed by atoms with van der Waals surface area (Å²) in [7, 11) is 0. The monoisotopic (exact) mass is 703 g/mol. The average molecular weight is 704 g/mol. The molecule has 0 bridgehead atoms. The third-order valence-electron chi connectivity index (χ3n) is 10.0. The van der Waals surface area contributed by atoms with E-state index in [1.54, 1.807) is 41.5 Å². The number of nitrogens with one attached hydrogen (secondary N) is 4. The molecule has 4 rings (SSSR count). The molecule has 6 N–H and O–H groups in total. The lowest BCUT2D eigenvalue weighted by Gasteiger charge is -2.38. The molecule has 3 aliphatic rings. The van der Waals surface area contributed by atoms with Crippen LogP contribution in [-0.4, -0.2) is 102 Å². The topological polar surface area (TPSA) is 203 Å². The minimum atomic E-state index is -1.11. The van der Waals surface area contributed by atoms with Gasteiger partial charge in [0.2, 0.25) is 23.6 Å². The number of carbonyl (C=O) groups excluding carboxylic acids is 5. The van der Waals surface area contributed by atoms with Crippen LogP contribution in [0.15, 0.2) is 18.6 Å². The lowest BCUT2D eigenvalue weighted by molar-refractivity contribution is -0.145. The molecule has 5 amide bonds. The van der Waals surface area contributed by atoms with E-state index in [-0.39, 0.29) is 41.9 Å². The number of rotatable bonds is 14. The first-order valence-corrected chi connectivity index (χ1v) is 18.1. The van der Waals surface area contributed by atoms with Crippen LogP contribution in [-0.2, 0) is 19.2 Å². The maximum absolute atomic E-state index is 14.6. The number of amides is 5. The molecule has 8 atom stereocenters. The Morgan fingerprint density at radius 2 is 1.76 bits per heavy atom. The first-order valence-electron chi connectivity index (χ1n) is 17.3. The van der Waals surface area contributed by atoms with Crippen LogP contribution >= 0.6 is 12.0 Å². The summed E-state index contributed by atoms with van der Waals surface area (Å²) in [6, 6.07) is -3.70. The van der Waals surface area contributed by atoms with E-state index in [2.05, 4.69) is 31.2 Å². The van der Waals surface area contributed by atoms with Gasteiger partial charge in [-0.1, -0.05) is 48.0 Å². The second kappa shape index (κ2) is 15.7. The lowest BCUT2D eigenvalue weighted by Crippen LogP contribution is -2.62. The molecule has 15 heteroatoms. The molecule has 3 fully saturated rings. The normalized spacial score (nSPS) is 25.9. The molecule has 272 valence electrons. The smallest absolute Gasteiger partial charge is 0.272 e. The summed E-state index contributed by atoms with van der Waals surface area (Å²) in [5, 5.41) is 21.9. The van der Waals surface area contributed by atoms with Crippen molar-refractivity contribution in [1.29, 1.82) is 0 Å². The summed E-state index contributed by atoms with van der Waals surface area (Å²) >= 11 is 0.397. The van der Waals surface area contributed by atoms with Crippen LogP contribution in [0.2, 0.25) is 0 Å². The highest BCUT2D eigenvalue weighted by Gasteiger charge is 2.58. The maximum atomic E-state index is 14.6. The van der Waals surface area contributed by atoms with Gasteiger partial charge in [-0.05, 0) is 56.3 Å². The number of aromatic nitrogens is 2. The van der Waals surface area contributed by atoms with Gasteiger partial charge in [0.05, 0.1) is 17.8 Å². The van der Waals surface area contributed by atoms with Gasteiger partial charge in [-0.3, -0.25) is 29.0 Å². The lowest BCUT2D eigenvalue weighted by atomic mass is 9.84. The molecule has 14 nitrogen and oxygen atoms in total. The van der Waals surface area contributed by atoms with Crippen molar-refractivity contribution in [2.24, 2.45) is 23.2 Å². The van der Waals surface area contributed by atoms with E-state index < -0.39 is 64.1 Å². The number of carbonyl (C=O) groups is 5. The highest BCUT2D eigenvalue weighted by molar-refractivity contribution is 7.95. The van der Waals surface area contributed by atoms with Crippen molar-refractivity contribution in [2.45, 2.75) is 128 Å². The molecule has 2 saturated carbocycles. The predicted octanol–water partition coefficient (Wildman–Crippen LogP) is 1.89. The second-order valence-corrected chi connectivity index (χ2v) is 16.1. The molecule has 49 heavy (non-hydrogen) atoms. The van der Waals surface area contributed by atoms with Crippen molar-refractivity contribution < 1.29 is 33.6 Å². The third-order valence-corrected chi connectivity index (χ3v) is 10.8. The van der Waals surface area contributed by atoms with Crippen molar-refractivity contribution in [3.8, 4) is 0 Å². The van der Waals surface area contributed by atoms with E-state index in [4.69, 9.17) is 0 Å². The van der Waals surface area contributed by atoms with Gasteiger partial charge in [0.25, 0.3) is 5.91 Å². The summed E-state index contributed by atoms with van der Waals surface area (Å²) in [6.07, 6.45) is 7.88. The van der Waals surface area contributed by atoms with Crippen LogP contribution in [0.4, 0.5) is 0 Å². The van der Waals surface area contributed by atoms with Gasteiger partial charge in [-0.25, -0.2) is 4.98 Å². The molecular formula is C34H53N7O7S. The van der Waals surface area contributed by atoms with E-state index in [0.29, 0.717) is 37.7 Å². The first kappa shape index (κ1) is 38.5. The van der Waals surface area contributed by atoms with Crippen LogP contribution in [0.5, 0.6) is 0 Å². The van der Waals surface area contributed by atoms with E-state index in [0.717, 1.165) is 12.8 Å². The van der Waals surface area contributed by atoms with Crippen LogP contribution in [0.3, 0.4) is 0 Å². The Bertz CT molecular complexity index is 1370. The molecule has 1 aromatic rings. The van der Waals surface area contributed by atoms with Gasteiger partial charge in [0.15, 0.2) is 0 Å². The van der Waals surface area contributed by atoms with Gasteiger partial charge in [0, 0.05) is 42.9 Å². The van der Waals surface area contributed by atoms with Crippen molar-refractivity contribution >= 4 is 41.6 Å². The zero-order chi connectivity index (χ0) is 36.3. The molecular weight excluding hydrogens is 650 g/mol. The quantitative estimate of drug-likeness (QED) is 0.155. The van der Waals surface area contributed by atoms with E-state index in [1.165, 1.54) is 23.5 Å². The zero-order valence-corrected chi connectivity index (χ0v) is 30.4. The largest absolute Gasteiger partial charge is 0.390 e. The number of nitrogens with zero attached hydrogens (tertiary/aromatic N) is 3. The molecule has 0 aromatic carbocycles. The number of aliphatic hydroxyl groups is 1. The summed E-state index contributed by atoms with van der Waals surface area (Å²) < 4.78 is 10.1. The van der Waals surface area contributed by atoms with Gasteiger partial charge in [0.1, 0.15) is 29.1 Å². The third kappa shape index (κ3) is 9.09. The SMILES string of the molecule is CCCC(NC(=O)C1[C@H]2CC[C@@](C)(O)[C@H]2CN1C(=O)C(NC(=O)C(NC(=O)c1cnccn1)C(C)C)C(C)(C)C)C(SO)C(=O)NC1CC1. The fraction of sp³-hybridized carbons (Fsp3) is 0.735. The average Bonchev–Trinajstić information content (AvgIpc) is 3.68. The van der Waals surface area contributed by atoms with Crippen molar-refractivity contribution in [3.63, 3.8) is 0 Å². The molecule has 1 saturated heterocycles. The molecule has 1 aromatic heterocycles. The Morgan fingerprint density at radius 3 is 2.31 bits per heavy atom. The number of hydrogen-bond acceptors (Lipinski definition) is 10. The highest BCUT2D eigenvalue weighted by Crippen LogP contribution is 2.48. The minimum absolute atomic E-state index is 0.0437. The Balaban J connectivity index is 1.59. The molecule has 5 unspecified atom stereocenters. The Morgan fingerprint density at radius 1 is 1.06 bits per heavy atom. The first-order chi connectivity index (χ1) is 23.0. The Kier molecular flexibility index (Phi) is 12.3. The fourth-order valence-electron chi connectivity index (χ4n) is 7.04. The van der Waals surface area contributed by atoms with Gasteiger partial charge >= 0.3 is 0 Å². The van der Waals surface area contributed by atoms with Crippen LogP contribution in [0, 0.1) is 23.2 Å². The standard InChI is InChI=1S/C34H53N7O7S/c1-8-9-22(26(49-48)31(45)37-19-10-11-19)38-30(44)25-20-12-13-34(7,47)21(20)17-41(25)32(46)27(33(4,5)6)40-29(43)24(18(2)3)39-28(42)23-16-35-14-15-36-23/h14-16,18-22,24-27,47-48H,8-13,17H2,1-7H3,(H,37,45)(H,38,44)(H,39,42)(H,40,43)/t20-,21-,22?,24?,25?,26?,27?,34+/m0/s1. The van der Waals surface area contributed by atoms with Crippen molar-refractivity contribution in [2.75, 3.05) is 6.54 Å². The molecule has 1 aliphatic heterocycles. The fourth-order valence-corrected chi connectivity index (χ4v) is 7.56. The number of hydrogen-bond donors (Lipinski definition) is 6. The minimum Gasteiger partial charge on any atom is -0.390 e. The molecule has 2 heterocycles. The van der Waals surface area contributed by atoms with E-state index in [1.807, 2.05) is 6.92 Å². The summed E-state index contributed by atoms with van der Waals surface area (Å²) in [5.74, 6) is -3.54. The van der Waals surface area contributed by atoms with Gasteiger partial charge in [-0.15, -0.1) is 0 Å². The predicted molar refractivity (Wildman–Crippen MR) is 184 cm³/mol. The Labute approximate surface area is 292 Å². The summed E-state index contributed by atoms with van der Waals surface area (Å²) in [5.41, 5.74) is -1.88. The van der Waals surface area contributed by atoms with Gasteiger partial charge in [-0.2, -0.15) is 0 Å². The van der Waals surface area contributed by atoms with Crippen LogP contribution in [0.1, 0.15) is 97.5 Å². The number of fused-ring (bicyclic) bond motifs is 1. The second-order valence-electron chi connectivity index (χ2n) is 15.4. The van der Waals surface area contributed by atoms with E-state index in [9.17, 15) is 33.6 Å². The molecule has 0 radical (unpaired) electrons. The van der Waals surface area contributed by atoms with Crippen LogP contribution in [0.25, 0.3) is 0 Å². The van der Waals surface area contributed by atoms with Crippen molar-refractivity contribution in [3.05, 3.63) is 24.3 Å². The molecule has 0 spiro atoms. The molecule has 2 aliphatic carbocycles. The van der Waals surface area contributed by atoms with Gasteiger partial charge < -0.3 is 35.8 Å². The highest BCUT2D eigenvalue weighted by atomic mass is 32.2. The van der Waals surface area contributed by atoms with E-state index >= 15 is 0 Å². The Hall–Kier alpha value is -3.30. The van der Waals surface area contributed by atoms with Crippen molar-refractivity contribution in [1.82, 2.24) is 36.1 Å². The number of likely N-dealkylation sites (tertiary alicyclic amines) is 1. The van der Waals surface area contributed by atoms with Crippen LogP contribution < -0.4 is 21.3 Å². The zero-order valence-electron chi connectivity index (χ0n) is 29.6.